The lowest BCUT2D eigenvalue weighted by molar-refractivity contribution is -0.139. The van der Waals surface area contributed by atoms with Crippen molar-refractivity contribution in [3.8, 4) is 11.5 Å². The highest BCUT2D eigenvalue weighted by atomic mass is 35.5. The number of nitrogens with zero attached hydrogens (tertiary/aromatic N) is 2. The Morgan fingerprint density at radius 1 is 1.08 bits per heavy atom. The highest BCUT2D eigenvalue weighted by Crippen LogP contribution is 2.34. The summed E-state index contributed by atoms with van der Waals surface area (Å²) in [4.78, 5) is 27.8. The van der Waals surface area contributed by atoms with E-state index in [2.05, 4.69) is 5.32 Å². The van der Waals surface area contributed by atoms with Gasteiger partial charge in [0, 0.05) is 24.2 Å². The number of anilines is 1. The first-order valence-electron chi connectivity index (χ1n) is 11.5. The monoisotopic (exact) mass is 539 g/mol. The van der Waals surface area contributed by atoms with Crippen LogP contribution in [0.25, 0.3) is 0 Å². The van der Waals surface area contributed by atoms with Gasteiger partial charge in [-0.2, -0.15) is 0 Å². The SMILES string of the molecule is CCCCNC(=O)[C@@H](C)N(Cc1ccc(Cl)cc1)C(=O)CN(c1cc(OC)ccc1OC)S(C)(=O)=O. The van der Waals surface area contributed by atoms with Crippen LogP contribution in [0.2, 0.25) is 5.02 Å². The molecule has 0 aliphatic rings. The maximum Gasteiger partial charge on any atom is 0.244 e. The van der Waals surface area contributed by atoms with Crippen LogP contribution in [0, 0.1) is 0 Å². The molecular formula is C25H34ClN3O6S. The number of unbranched alkanes of at least 4 members (excludes halogenated alkanes) is 1. The summed E-state index contributed by atoms with van der Waals surface area (Å²) >= 11 is 5.99. The van der Waals surface area contributed by atoms with Gasteiger partial charge >= 0.3 is 0 Å². The quantitative estimate of drug-likeness (QED) is 0.391. The molecule has 0 spiro atoms. The molecule has 0 bridgehead atoms. The standard InChI is InChI=1S/C25H34ClN3O6S/c1-6-7-14-27-25(31)18(2)28(16-19-8-10-20(26)11-9-19)24(30)17-29(36(5,32)33)22-15-21(34-3)12-13-23(22)35-4/h8-13,15,18H,6-7,14,16-17H2,1-5H3,(H,27,31)/t18-/m1/s1. The van der Waals surface area contributed by atoms with E-state index in [1.165, 1.54) is 25.2 Å². The molecule has 2 rings (SSSR count). The average molecular weight is 540 g/mol. The van der Waals surface area contributed by atoms with Gasteiger partial charge < -0.3 is 19.7 Å². The molecule has 11 heteroatoms. The van der Waals surface area contributed by atoms with E-state index < -0.39 is 28.5 Å². The van der Waals surface area contributed by atoms with Crippen LogP contribution in [0.3, 0.4) is 0 Å². The van der Waals surface area contributed by atoms with E-state index in [4.69, 9.17) is 21.1 Å². The summed E-state index contributed by atoms with van der Waals surface area (Å²) in [6, 6.07) is 10.7. The summed E-state index contributed by atoms with van der Waals surface area (Å²) in [5.74, 6) is -0.230. The van der Waals surface area contributed by atoms with Crippen molar-refractivity contribution in [2.24, 2.45) is 0 Å². The van der Waals surface area contributed by atoms with Gasteiger partial charge in [-0.15, -0.1) is 0 Å². The number of hydrogen-bond acceptors (Lipinski definition) is 6. The van der Waals surface area contributed by atoms with E-state index in [9.17, 15) is 18.0 Å². The Bertz CT molecular complexity index is 1140. The molecule has 0 aliphatic carbocycles. The molecular weight excluding hydrogens is 506 g/mol. The Morgan fingerprint density at radius 2 is 1.75 bits per heavy atom. The van der Waals surface area contributed by atoms with Crippen molar-refractivity contribution in [3.63, 3.8) is 0 Å². The zero-order valence-corrected chi connectivity index (χ0v) is 22.9. The fourth-order valence-corrected chi connectivity index (χ4v) is 4.46. The van der Waals surface area contributed by atoms with E-state index in [1.807, 2.05) is 6.92 Å². The minimum atomic E-state index is -3.91. The second kappa shape index (κ2) is 13.4. The van der Waals surface area contributed by atoms with Crippen LogP contribution >= 0.6 is 11.6 Å². The third-order valence-corrected chi connectivity index (χ3v) is 6.98. The topological polar surface area (TPSA) is 105 Å². The van der Waals surface area contributed by atoms with Crippen molar-refractivity contribution in [2.45, 2.75) is 39.3 Å². The van der Waals surface area contributed by atoms with Gasteiger partial charge in [0.25, 0.3) is 0 Å². The molecule has 0 saturated carbocycles. The Morgan fingerprint density at radius 3 is 2.31 bits per heavy atom. The second-order valence-corrected chi connectivity index (χ2v) is 10.6. The second-order valence-electron chi connectivity index (χ2n) is 8.28. The molecule has 1 atom stereocenters. The lowest BCUT2D eigenvalue weighted by Crippen LogP contribution is -2.51. The Labute approximate surface area is 218 Å². The molecule has 1 N–H and O–H groups in total. The number of benzene rings is 2. The number of carbonyl (C=O) groups is 2. The van der Waals surface area contributed by atoms with Gasteiger partial charge in [0.05, 0.1) is 26.2 Å². The lowest BCUT2D eigenvalue weighted by atomic mass is 10.1. The van der Waals surface area contributed by atoms with Crippen molar-refractivity contribution in [3.05, 3.63) is 53.1 Å². The Balaban J connectivity index is 2.43. The van der Waals surface area contributed by atoms with Crippen LogP contribution in [0.5, 0.6) is 11.5 Å². The molecule has 9 nitrogen and oxygen atoms in total. The first-order valence-corrected chi connectivity index (χ1v) is 13.8. The summed E-state index contributed by atoms with van der Waals surface area (Å²) in [6.45, 7) is 3.66. The van der Waals surface area contributed by atoms with Crippen molar-refractivity contribution in [1.82, 2.24) is 10.2 Å². The molecule has 0 aliphatic heterocycles. The van der Waals surface area contributed by atoms with E-state index in [0.29, 0.717) is 17.3 Å². The molecule has 2 amide bonds. The van der Waals surface area contributed by atoms with E-state index in [-0.39, 0.29) is 23.9 Å². The third kappa shape index (κ3) is 8.03. The number of nitrogens with one attached hydrogen (secondary N) is 1. The summed E-state index contributed by atoms with van der Waals surface area (Å²) in [5.41, 5.74) is 0.894. The van der Waals surface area contributed by atoms with Crippen LogP contribution in [0.4, 0.5) is 5.69 Å². The van der Waals surface area contributed by atoms with E-state index in [1.54, 1.807) is 43.3 Å². The maximum absolute atomic E-state index is 13.6. The van der Waals surface area contributed by atoms with E-state index >= 15 is 0 Å². The molecule has 2 aromatic carbocycles. The molecule has 0 unspecified atom stereocenters. The first kappa shape index (κ1) is 29.3. The van der Waals surface area contributed by atoms with Crippen molar-refractivity contribution in [2.75, 3.05) is 37.9 Å². The minimum Gasteiger partial charge on any atom is -0.497 e. The van der Waals surface area contributed by atoms with Gasteiger partial charge in [-0.1, -0.05) is 37.1 Å². The van der Waals surface area contributed by atoms with Gasteiger partial charge in [-0.05, 0) is 43.2 Å². The molecule has 2 aromatic rings. The zero-order chi connectivity index (χ0) is 26.9. The van der Waals surface area contributed by atoms with Gasteiger partial charge in [0.1, 0.15) is 24.1 Å². The van der Waals surface area contributed by atoms with Crippen molar-refractivity contribution >= 4 is 39.1 Å². The molecule has 36 heavy (non-hydrogen) atoms. The number of hydrogen-bond donors (Lipinski definition) is 1. The fraction of sp³-hybridized carbons (Fsp3) is 0.440. The average Bonchev–Trinajstić information content (AvgIpc) is 2.85. The van der Waals surface area contributed by atoms with Crippen molar-refractivity contribution in [1.29, 1.82) is 0 Å². The van der Waals surface area contributed by atoms with Crippen molar-refractivity contribution < 1.29 is 27.5 Å². The summed E-state index contributed by atoms with van der Waals surface area (Å²) < 4.78 is 37.1. The largest absolute Gasteiger partial charge is 0.497 e. The van der Waals surface area contributed by atoms with Crippen LogP contribution < -0.4 is 19.1 Å². The molecule has 0 heterocycles. The summed E-state index contributed by atoms with van der Waals surface area (Å²) in [7, 11) is -1.06. The molecule has 0 radical (unpaired) electrons. The number of methoxy groups -OCH3 is 2. The zero-order valence-electron chi connectivity index (χ0n) is 21.3. The number of rotatable bonds is 13. The van der Waals surface area contributed by atoms with Gasteiger partial charge in [-0.25, -0.2) is 8.42 Å². The van der Waals surface area contributed by atoms with Crippen LogP contribution in [0.15, 0.2) is 42.5 Å². The van der Waals surface area contributed by atoms with Crippen LogP contribution in [-0.2, 0) is 26.2 Å². The highest BCUT2D eigenvalue weighted by Gasteiger charge is 2.31. The number of sulfonamides is 1. The third-order valence-electron chi connectivity index (χ3n) is 5.60. The predicted molar refractivity (Wildman–Crippen MR) is 141 cm³/mol. The minimum absolute atomic E-state index is 0.0885. The first-order chi connectivity index (χ1) is 17.0. The van der Waals surface area contributed by atoms with E-state index in [0.717, 1.165) is 29.0 Å². The van der Waals surface area contributed by atoms with Crippen LogP contribution in [-0.4, -0.2) is 64.7 Å². The summed E-state index contributed by atoms with van der Waals surface area (Å²) in [6.07, 6.45) is 2.72. The number of halogens is 1. The molecule has 0 saturated heterocycles. The fourth-order valence-electron chi connectivity index (χ4n) is 3.49. The lowest BCUT2D eigenvalue weighted by Gasteiger charge is -2.32. The molecule has 198 valence electrons. The van der Waals surface area contributed by atoms with Gasteiger partial charge in [0.15, 0.2) is 0 Å². The highest BCUT2D eigenvalue weighted by molar-refractivity contribution is 7.92. The van der Waals surface area contributed by atoms with Crippen LogP contribution in [0.1, 0.15) is 32.3 Å². The number of carbonyl (C=O) groups excluding carboxylic acids is 2. The predicted octanol–water partition coefficient (Wildman–Crippen LogP) is 3.46. The Kier molecular flexibility index (Phi) is 10.9. The normalized spacial score (nSPS) is 11.9. The maximum atomic E-state index is 13.6. The van der Waals surface area contributed by atoms with Gasteiger partial charge in [0.2, 0.25) is 21.8 Å². The Hall–Kier alpha value is -2.98. The van der Waals surface area contributed by atoms with Gasteiger partial charge in [-0.3, -0.25) is 13.9 Å². The number of amides is 2. The number of ether oxygens (including phenoxy) is 2. The summed E-state index contributed by atoms with van der Waals surface area (Å²) in [5, 5.41) is 3.38. The molecule has 0 aromatic heterocycles. The molecule has 0 fully saturated rings. The smallest absolute Gasteiger partial charge is 0.244 e.